The van der Waals surface area contributed by atoms with E-state index in [0.29, 0.717) is 0 Å². The fourth-order valence-corrected chi connectivity index (χ4v) is 5.96. The molecule has 0 heteroatoms. The van der Waals surface area contributed by atoms with E-state index in [1.54, 1.807) is 0 Å². The van der Waals surface area contributed by atoms with Gasteiger partial charge in [-0.2, -0.15) is 0 Å². The highest BCUT2D eigenvalue weighted by Crippen LogP contribution is 2.50. The molecule has 0 fully saturated rings. The number of benzene rings is 7. The van der Waals surface area contributed by atoms with Gasteiger partial charge in [0.25, 0.3) is 0 Å². The lowest BCUT2D eigenvalue weighted by atomic mass is 9.78. The summed E-state index contributed by atoms with van der Waals surface area (Å²) in [5.74, 6) is 0. The van der Waals surface area contributed by atoms with Gasteiger partial charge in [0, 0.05) is 0 Å². The van der Waals surface area contributed by atoms with Crippen LogP contribution in [0.15, 0.2) is 182 Å². The molecular weight excluding hydrogens is 504 g/mol. The Balaban J connectivity index is 1.64. The van der Waals surface area contributed by atoms with Gasteiger partial charge in [0.05, 0.1) is 0 Å². The third kappa shape index (κ3) is 4.96. The van der Waals surface area contributed by atoms with Gasteiger partial charge >= 0.3 is 0 Å². The maximum atomic E-state index is 2.41. The molecule has 0 aromatic heterocycles. The monoisotopic (exact) mass is 534 g/mol. The molecule has 0 nitrogen and oxygen atoms in total. The minimum atomic E-state index is 1.20. The van der Waals surface area contributed by atoms with E-state index in [4.69, 9.17) is 0 Å². The predicted octanol–water partition coefficient (Wildman–Crippen LogP) is 11.7. The Bertz CT molecular complexity index is 1920. The Kier molecular flexibility index (Phi) is 7.02. The van der Waals surface area contributed by atoms with E-state index in [-0.39, 0.29) is 0 Å². The SMILES string of the molecule is c1ccc(-c2cccc(-c3cc(-c4ccccc4)c(-c4ccccc4)c(-c4ccccc4)c3-c3ccccc3)c2)cc1. The standard InChI is InChI=1S/C42H30/c1-6-17-31(18-7-1)36-27-16-28-37(29-36)39-30-38(32-19-8-2-9-20-32)40(33-21-10-3-11-22-33)42(35-25-14-5-15-26-35)41(39)34-23-12-4-13-24-34/h1-30H. The third-order valence-corrected chi connectivity index (χ3v) is 7.88. The lowest BCUT2D eigenvalue weighted by Crippen LogP contribution is -1.98. The maximum absolute atomic E-state index is 2.41. The van der Waals surface area contributed by atoms with E-state index in [1.807, 2.05) is 0 Å². The van der Waals surface area contributed by atoms with E-state index >= 15 is 0 Å². The smallest absolute Gasteiger partial charge is 0.00143 e. The summed E-state index contributed by atoms with van der Waals surface area (Å²) in [6, 6.07) is 65.4. The van der Waals surface area contributed by atoms with Gasteiger partial charge in [0.15, 0.2) is 0 Å². The van der Waals surface area contributed by atoms with Crippen LogP contribution in [0.3, 0.4) is 0 Å². The first-order valence-corrected chi connectivity index (χ1v) is 14.5. The summed E-state index contributed by atoms with van der Waals surface area (Å²) in [7, 11) is 0. The van der Waals surface area contributed by atoms with E-state index in [1.165, 1.54) is 66.8 Å². The molecule has 198 valence electrons. The molecule has 0 aliphatic carbocycles. The molecule has 0 N–H and O–H groups in total. The zero-order valence-electron chi connectivity index (χ0n) is 23.3. The molecule has 0 spiro atoms. The normalized spacial score (nSPS) is 10.9. The molecular formula is C42H30. The summed E-state index contributed by atoms with van der Waals surface area (Å²) in [4.78, 5) is 0. The van der Waals surface area contributed by atoms with Gasteiger partial charge in [0.2, 0.25) is 0 Å². The van der Waals surface area contributed by atoms with Crippen LogP contribution in [0.25, 0.3) is 66.8 Å². The minimum absolute atomic E-state index is 1.20. The van der Waals surface area contributed by atoms with Crippen LogP contribution < -0.4 is 0 Å². The molecule has 0 amide bonds. The number of rotatable bonds is 6. The maximum Gasteiger partial charge on any atom is -0.00143 e. The zero-order valence-corrected chi connectivity index (χ0v) is 23.3. The fourth-order valence-electron chi connectivity index (χ4n) is 5.96. The van der Waals surface area contributed by atoms with Crippen LogP contribution in [0, 0.1) is 0 Å². The summed E-state index contributed by atoms with van der Waals surface area (Å²) in [5, 5.41) is 0. The van der Waals surface area contributed by atoms with Crippen molar-refractivity contribution >= 4 is 0 Å². The largest absolute Gasteiger partial charge is 0.0622 e. The van der Waals surface area contributed by atoms with E-state index in [9.17, 15) is 0 Å². The summed E-state index contributed by atoms with van der Waals surface area (Å²) >= 11 is 0. The van der Waals surface area contributed by atoms with Crippen molar-refractivity contribution in [1.29, 1.82) is 0 Å². The Morgan fingerprint density at radius 1 is 0.190 bits per heavy atom. The highest BCUT2D eigenvalue weighted by molar-refractivity contribution is 6.07. The van der Waals surface area contributed by atoms with Crippen molar-refractivity contribution in [3.05, 3.63) is 182 Å². The molecule has 7 aromatic carbocycles. The molecule has 0 saturated carbocycles. The molecule has 0 aliphatic rings. The first kappa shape index (κ1) is 25.5. The lowest BCUT2D eigenvalue weighted by molar-refractivity contribution is 1.52. The second kappa shape index (κ2) is 11.6. The van der Waals surface area contributed by atoms with Gasteiger partial charge in [-0.1, -0.05) is 170 Å². The summed E-state index contributed by atoms with van der Waals surface area (Å²) in [6.45, 7) is 0. The lowest BCUT2D eigenvalue weighted by Gasteiger charge is -2.24. The molecule has 0 atom stereocenters. The van der Waals surface area contributed by atoms with Crippen molar-refractivity contribution < 1.29 is 0 Å². The van der Waals surface area contributed by atoms with Gasteiger partial charge in [-0.05, 0) is 78.9 Å². The Hall–Kier alpha value is -5.46. The topological polar surface area (TPSA) is 0 Å². The van der Waals surface area contributed by atoms with Crippen molar-refractivity contribution in [3.8, 4) is 66.8 Å². The van der Waals surface area contributed by atoms with E-state index in [0.717, 1.165) is 0 Å². The average molecular weight is 535 g/mol. The molecule has 0 bridgehead atoms. The molecule has 42 heavy (non-hydrogen) atoms. The van der Waals surface area contributed by atoms with E-state index < -0.39 is 0 Å². The van der Waals surface area contributed by atoms with Crippen LogP contribution in [-0.2, 0) is 0 Å². The Labute approximate surface area is 248 Å². The highest BCUT2D eigenvalue weighted by atomic mass is 14.3. The predicted molar refractivity (Wildman–Crippen MR) is 179 cm³/mol. The minimum Gasteiger partial charge on any atom is -0.0622 e. The zero-order chi connectivity index (χ0) is 28.1. The Morgan fingerprint density at radius 2 is 0.524 bits per heavy atom. The van der Waals surface area contributed by atoms with Crippen molar-refractivity contribution in [2.45, 2.75) is 0 Å². The van der Waals surface area contributed by atoms with Crippen LogP contribution in [-0.4, -0.2) is 0 Å². The summed E-state index contributed by atoms with van der Waals surface area (Å²) in [5.41, 5.74) is 14.6. The number of hydrogen-bond acceptors (Lipinski definition) is 0. The quantitative estimate of drug-likeness (QED) is 0.199. The molecule has 0 unspecified atom stereocenters. The van der Waals surface area contributed by atoms with Crippen LogP contribution in [0.1, 0.15) is 0 Å². The van der Waals surface area contributed by atoms with Crippen molar-refractivity contribution in [1.82, 2.24) is 0 Å². The van der Waals surface area contributed by atoms with Crippen LogP contribution in [0.4, 0.5) is 0 Å². The second-order valence-corrected chi connectivity index (χ2v) is 10.5. The molecule has 0 heterocycles. The molecule has 0 aliphatic heterocycles. The second-order valence-electron chi connectivity index (χ2n) is 10.5. The molecule has 0 saturated heterocycles. The van der Waals surface area contributed by atoms with Gasteiger partial charge in [0.1, 0.15) is 0 Å². The third-order valence-electron chi connectivity index (χ3n) is 7.88. The highest BCUT2D eigenvalue weighted by Gasteiger charge is 2.23. The van der Waals surface area contributed by atoms with Gasteiger partial charge in [-0.15, -0.1) is 0 Å². The molecule has 7 rings (SSSR count). The summed E-state index contributed by atoms with van der Waals surface area (Å²) < 4.78 is 0. The van der Waals surface area contributed by atoms with Crippen molar-refractivity contribution in [2.24, 2.45) is 0 Å². The Morgan fingerprint density at radius 3 is 1.00 bits per heavy atom. The van der Waals surface area contributed by atoms with Crippen molar-refractivity contribution in [2.75, 3.05) is 0 Å². The molecule has 7 aromatic rings. The van der Waals surface area contributed by atoms with Crippen LogP contribution in [0.5, 0.6) is 0 Å². The first-order valence-electron chi connectivity index (χ1n) is 14.5. The van der Waals surface area contributed by atoms with Gasteiger partial charge < -0.3 is 0 Å². The van der Waals surface area contributed by atoms with Crippen molar-refractivity contribution in [3.63, 3.8) is 0 Å². The number of hydrogen-bond donors (Lipinski definition) is 0. The van der Waals surface area contributed by atoms with Crippen LogP contribution >= 0.6 is 0 Å². The van der Waals surface area contributed by atoms with Gasteiger partial charge in [-0.3, -0.25) is 0 Å². The fraction of sp³-hybridized carbons (Fsp3) is 0. The van der Waals surface area contributed by atoms with Gasteiger partial charge in [-0.25, -0.2) is 0 Å². The summed E-state index contributed by atoms with van der Waals surface area (Å²) in [6.07, 6.45) is 0. The van der Waals surface area contributed by atoms with E-state index in [2.05, 4.69) is 182 Å². The first-order chi connectivity index (χ1) is 20.9. The molecule has 0 radical (unpaired) electrons. The average Bonchev–Trinajstić information content (AvgIpc) is 3.09. The van der Waals surface area contributed by atoms with Crippen LogP contribution in [0.2, 0.25) is 0 Å².